The molecule has 0 heterocycles. The highest BCUT2D eigenvalue weighted by Gasteiger charge is 2.27. The Morgan fingerprint density at radius 2 is 1.42 bits per heavy atom. The number of benzene rings is 2. The Bertz CT molecular complexity index is 736. The number of hydrogen-bond donors (Lipinski definition) is 0. The zero-order chi connectivity index (χ0) is 18.3. The van der Waals surface area contributed by atoms with Crippen LogP contribution in [0.15, 0.2) is 30.3 Å². The molecule has 4 heteroatoms. The zero-order valence-electron chi connectivity index (χ0n) is 14.6. The Morgan fingerprint density at radius 3 is 1.92 bits per heavy atom. The molecule has 130 valence electrons. The van der Waals surface area contributed by atoms with Crippen LogP contribution in [-0.2, 0) is 17.3 Å². The molecule has 0 atom stereocenters. The van der Waals surface area contributed by atoms with E-state index < -0.39 is 22.5 Å². The third-order valence-electron chi connectivity index (χ3n) is 4.16. The van der Waals surface area contributed by atoms with E-state index in [0.29, 0.717) is 22.0 Å². The second kappa shape index (κ2) is 6.65. The lowest BCUT2D eigenvalue weighted by atomic mass is 9.78. The minimum Gasteiger partial charge on any atom is -0.207 e. The lowest BCUT2D eigenvalue weighted by molar-refractivity contribution is 0.468. The second-order valence-electron chi connectivity index (χ2n) is 7.87. The Kier molecular flexibility index (Phi) is 5.32. The first-order valence-corrected chi connectivity index (χ1v) is 8.61. The smallest absolute Gasteiger partial charge is 0.130 e. The minimum atomic E-state index is -0.585. The van der Waals surface area contributed by atoms with Gasteiger partial charge in [-0.05, 0) is 58.7 Å². The lowest BCUT2D eigenvalue weighted by Crippen LogP contribution is -2.22. The van der Waals surface area contributed by atoms with Crippen LogP contribution in [0.1, 0.15) is 51.3 Å². The van der Waals surface area contributed by atoms with Crippen molar-refractivity contribution in [2.75, 3.05) is 0 Å². The molecule has 2 aromatic rings. The van der Waals surface area contributed by atoms with Gasteiger partial charge in [0.15, 0.2) is 0 Å². The Balaban J connectivity index is 2.42. The average molecular weight is 371 g/mol. The Labute approximate surface area is 152 Å². The molecule has 0 N–H and O–H groups in total. The standard InChI is InChI=1S/C20H22Cl2F2/c1-19(2,3)18-16(23)8-12(9-17(18)24)11-20(4,5)14-10-13(21)6-7-15(14)22/h6-10H,11H2,1-5H3. The third-order valence-corrected chi connectivity index (χ3v) is 4.72. The van der Waals surface area contributed by atoms with Gasteiger partial charge in [-0.3, -0.25) is 0 Å². The van der Waals surface area contributed by atoms with E-state index in [2.05, 4.69) is 0 Å². The molecule has 0 radical (unpaired) electrons. The highest BCUT2D eigenvalue weighted by atomic mass is 35.5. The normalized spacial score (nSPS) is 12.5. The van der Waals surface area contributed by atoms with E-state index in [1.165, 1.54) is 12.1 Å². The fourth-order valence-corrected chi connectivity index (χ4v) is 3.61. The first-order chi connectivity index (χ1) is 10.9. The fraction of sp³-hybridized carbons (Fsp3) is 0.400. The van der Waals surface area contributed by atoms with Gasteiger partial charge in [0.2, 0.25) is 0 Å². The molecule has 0 saturated carbocycles. The van der Waals surface area contributed by atoms with Crippen LogP contribution in [0, 0.1) is 11.6 Å². The summed E-state index contributed by atoms with van der Waals surface area (Å²) in [4.78, 5) is 0. The number of hydrogen-bond acceptors (Lipinski definition) is 0. The molecule has 0 fully saturated rings. The monoisotopic (exact) mass is 370 g/mol. The van der Waals surface area contributed by atoms with Gasteiger partial charge < -0.3 is 0 Å². The Hall–Kier alpha value is -1.12. The van der Waals surface area contributed by atoms with Gasteiger partial charge in [0.05, 0.1) is 0 Å². The highest BCUT2D eigenvalue weighted by molar-refractivity contribution is 6.33. The van der Waals surface area contributed by atoms with Crippen molar-refractivity contribution in [1.29, 1.82) is 0 Å². The van der Waals surface area contributed by atoms with Crippen molar-refractivity contribution in [3.8, 4) is 0 Å². The molecule has 0 aliphatic rings. The quantitative estimate of drug-likeness (QED) is 0.540. The summed E-state index contributed by atoms with van der Waals surface area (Å²) in [5, 5.41) is 1.18. The van der Waals surface area contributed by atoms with E-state index in [9.17, 15) is 8.78 Å². The van der Waals surface area contributed by atoms with Gasteiger partial charge in [-0.25, -0.2) is 8.78 Å². The van der Waals surface area contributed by atoms with Gasteiger partial charge in [-0.2, -0.15) is 0 Å². The molecule has 0 amide bonds. The molecule has 2 aromatic carbocycles. The van der Waals surface area contributed by atoms with E-state index in [0.717, 1.165) is 5.56 Å². The van der Waals surface area contributed by atoms with Crippen LogP contribution in [0.4, 0.5) is 8.78 Å². The van der Waals surface area contributed by atoms with Gasteiger partial charge in [0.1, 0.15) is 11.6 Å². The van der Waals surface area contributed by atoms with Crippen LogP contribution in [0.5, 0.6) is 0 Å². The first-order valence-electron chi connectivity index (χ1n) is 7.86. The van der Waals surface area contributed by atoms with Crippen LogP contribution < -0.4 is 0 Å². The summed E-state index contributed by atoms with van der Waals surface area (Å²) in [6.45, 7) is 9.35. The van der Waals surface area contributed by atoms with Crippen molar-refractivity contribution >= 4 is 23.2 Å². The summed E-state index contributed by atoms with van der Waals surface area (Å²) < 4.78 is 28.9. The van der Waals surface area contributed by atoms with Crippen LogP contribution in [-0.4, -0.2) is 0 Å². The van der Waals surface area contributed by atoms with E-state index in [-0.39, 0.29) is 5.56 Å². The van der Waals surface area contributed by atoms with Crippen molar-refractivity contribution < 1.29 is 8.78 Å². The van der Waals surface area contributed by atoms with Crippen LogP contribution in [0.25, 0.3) is 0 Å². The summed E-state index contributed by atoms with van der Waals surface area (Å²) in [5.74, 6) is -1.02. The van der Waals surface area contributed by atoms with E-state index in [4.69, 9.17) is 23.2 Å². The van der Waals surface area contributed by atoms with Crippen molar-refractivity contribution in [2.24, 2.45) is 0 Å². The average Bonchev–Trinajstić information content (AvgIpc) is 2.38. The SMILES string of the molecule is CC(C)(C)c1c(F)cc(CC(C)(C)c2cc(Cl)ccc2Cl)cc1F. The second-order valence-corrected chi connectivity index (χ2v) is 8.71. The molecule has 0 aliphatic carbocycles. The topological polar surface area (TPSA) is 0 Å². The van der Waals surface area contributed by atoms with E-state index in [1.54, 1.807) is 39.0 Å². The molecule has 0 nitrogen and oxygen atoms in total. The molecule has 2 rings (SSSR count). The maximum absolute atomic E-state index is 14.4. The fourth-order valence-electron chi connectivity index (χ4n) is 3.07. The summed E-state index contributed by atoms with van der Waals surface area (Å²) in [7, 11) is 0. The summed E-state index contributed by atoms with van der Waals surface area (Å²) in [5.41, 5.74) is 0.573. The highest BCUT2D eigenvalue weighted by Crippen LogP contribution is 2.36. The predicted molar refractivity (Wildman–Crippen MR) is 98.3 cm³/mol. The maximum Gasteiger partial charge on any atom is 0.130 e. The van der Waals surface area contributed by atoms with Gasteiger partial charge >= 0.3 is 0 Å². The van der Waals surface area contributed by atoms with Gasteiger partial charge in [-0.1, -0.05) is 57.8 Å². The maximum atomic E-state index is 14.4. The molecule has 0 unspecified atom stereocenters. The minimum absolute atomic E-state index is 0.116. The molecule has 0 saturated heterocycles. The number of halogens is 4. The molecule has 0 spiro atoms. The van der Waals surface area contributed by atoms with Gasteiger partial charge in [0.25, 0.3) is 0 Å². The van der Waals surface area contributed by atoms with Crippen LogP contribution in [0.2, 0.25) is 10.0 Å². The van der Waals surface area contributed by atoms with Gasteiger partial charge in [0, 0.05) is 15.6 Å². The van der Waals surface area contributed by atoms with E-state index >= 15 is 0 Å². The summed E-state index contributed by atoms with van der Waals surface area (Å²) >= 11 is 12.4. The molecule has 0 aromatic heterocycles. The first kappa shape index (κ1) is 19.2. The van der Waals surface area contributed by atoms with Crippen molar-refractivity contribution in [2.45, 2.75) is 51.9 Å². The van der Waals surface area contributed by atoms with Crippen molar-refractivity contribution in [1.82, 2.24) is 0 Å². The molecule has 24 heavy (non-hydrogen) atoms. The van der Waals surface area contributed by atoms with Crippen molar-refractivity contribution in [3.63, 3.8) is 0 Å². The Morgan fingerprint density at radius 1 is 0.875 bits per heavy atom. The molecular formula is C20H22Cl2F2. The summed E-state index contributed by atoms with van der Waals surface area (Å²) in [6, 6.07) is 8.11. The molecule has 0 aliphatic heterocycles. The zero-order valence-corrected chi connectivity index (χ0v) is 16.1. The van der Waals surface area contributed by atoms with Gasteiger partial charge in [-0.15, -0.1) is 0 Å². The molecular weight excluding hydrogens is 349 g/mol. The largest absolute Gasteiger partial charge is 0.207 e. The summed E-state index contributed by atoms with van der Waals surface area (Å²) in [6.07, 6.45) is 0.450. The van der Waals surface area contributed by atoms with Crippen LogP contribution >= 0.6 is 23.2 Å². The van der Waals surface area contributed by atoms with Crippen LogP contribution in [0.3, 0.4) is 0 Å². The lowest BCUT2D eigenvalue weighted by Gasteiger charge is -2.28. The predicted octanol–water partition coefficient (Wildman–Crippen LogP) is 7.09. The van der Waals surface area contributed by atoms with Crippen molar-refractivity contribution in [3.05, 3.63) is 68.7 Å². The van der Waals surface area contributed by atoms with E-state index in [1.807, 2.05) is 13.8 Å². The third kappa shape index (κ3) is 4.10. The molecule has 0 bridgehead atoms. The number of rotatable bonds is 3.